The van der Waals surface area contributed by atoms with Gasteiger partial charge in [0.25, 0.3) is 5.82 Å². The summed E-state index contributed by atoms with van der Waals surface area (Å²) in [5.74, 6) is 0.178. The lowest BCUT2D eigenvalue weighted by Crippen LogP contribution is -1.99. The third-order valence-corrected chi connectivity index (χ3v) is 1.64. The molecule has 0 saturated heterocycles. The van der Waals surface area contributed by atoms with Gasteiger partial charge in [0.15, 0.2) is 0 Å². The van der Waals surface area contributed by atoms with Crippen molar-refractivity contribution in [2.45, 2.75) is 0 Å². The standard InChI is InChI=1S/C8H5N5O/c9-5-8-10-11-12-13(8)6-2-1-3-7(14)4-6/h1-4,14H. The lowest BCUT2D eigenvalue weighted by molar-refractivity contribution is 0.474. The summed E-state index contributed by atoms with van der Waals surface area (Å²) in [5, 5.41) is 28.4. The molecule has 2 rings (SSSR count). The molecule has 0 saturated carbocycles. The Kier molecular flexibility index (Phi) is 1.84. The van der Waals surface area contributed by atoms with E-state index in [9.17, 15) is 5.11 Å². The van der Waals surface area contributed by atoms with Gasteiger partial charge in [-0.15, -0.1) is 0 Å². The van der Waals surface area contributed by atoms with E-state index in [-0.39, 0.29) is 11.6 Å². The average Bonchev–Trinajstić information content (AvgIpc) is 2.65. The van der Waals surface area contributed by atoms with Crippen molar-refractivity contribution < 1.29 is 5.11 Å². The van der Waals surface area contributed by atoms with Gasteiger partial charge in [0.1, 0.15) is 11.8 Å². The maximum Gasteiger partial charge on any atom is 0.257 e. The number of nitrogens with zero attached hydrogens (tertiary/aromatic N) is 5. The molecule has 1 aromatic heterocycles. The minimum atomic E-state index is 0.0793. The third kappa shape index (κ3) is 1.27. The Labute approximate surface area is 79.0 Å². The molecule has 0 fully saturated rings. The molecule has 0 atom stereocenters. The molecule has 0 spiro atoms. The lowest BCUT2D eigenvalue weighted by Gasteiger charge is -1.99. The Morgan fingerprint density at radius 1 is 1.43 bits per heavy atom. The number of tetrazole rings is 1. The van der Waals surface area contributed by atoms with E-state index in [0.717, 1.165) is 0 Å². The van der Waals surface area contributed by atoms with Crippen molar-refractivity contribution in [3.8, 4) is 17.5 Å². The molecule has 1 N–H and O–H groups in total. The molecule has 14 heavy (non-hydrogen) atoms. The number of aromatic hydroxyl groups is 1. The van der Waals surface area contributed by atoms with E-state index in [0.29, 0.717) is 5.69 Å². The van der Waals surface area contributed by atoms with Crippen LogP contribution >= 0.6 is 0 Å². The van der Waals surface area contributed by atoms with Crippen molar-refractivity contribution in [1.82, 2.24) is 20.2 Å². The molecule has 2 aromatic rings. The average molecular weight is 187 g/mol. The normalized spacial score (nSPS) is 9.64. The smallest absolute Gasteiger partial charge is 0.257 e. The van der Waals surface area contributed by atoms with Crippen LogP contribution in [0, 0.1) is 11.3 Å². The lowest BCUT2D eigenvalue weighted by atomic mass is 10.3. The van der Waals surface area contributed by atoms with Crippen molar-refractivity contribution in [1.29, 1.82) is 5.26 Å². The van der Waals surface area contributed by atoms with Gasteiger partial charge in [0, 0.05) is 6.07 Å². The minimum Gasteiger partial charge on any atom is -0.508 e. The van der Waals surface area contributed by atoms with Crippen molar-refractivity contribution in [2.24, 2.45) is 0 Å². The molecule has 1 aromatic carbocycles. The van der Waals surface area contributed by atoms with Gasteiger partial charge in [0.05, 0.1) is 5.69 Å². The van der Waals surface area contributed by atoms with E-state index in [4.69, 9.17) is 5.26 Å². The number of phenolic OH excluding ortho intramolecular Hbond substituents is 1. The van der Waals surface area contributed by atoms with Crippen LogP contribution in [0.25, 0.3) is 5.69 Å². The van der Waals surface area contributed by atoms with Gasteiger partial charge in [-0.2, -0.15) is 9.94 Å². The quantitative estimate of drug-likeness (QED) is 0.690. The first-order valence-corrected chi connectivity index (χ1v) is 3.79. The van der Waals surface area contributed by atoms with Crippen molar-refractivity contribution in [3.63, 3.8) is 0 Å². The molecule has 68 valence electrons. The molecule has 0 amide bonds. The molecule has 0 aliphatic rings. The fourth-order valence-electron chi connectivity index (χ4n) is 1.06. The number of nitriles is 1. The van der Waals surface area contributed by atoms with Gasteiger partial charge in [0.2, 0.25) is 0 Å². The van der Waals surface area contributed by atoms with Crippen LogP contribution < -0.4 is 0 Å². The van der Waals surface area contributed by atoms with Crippen molar-refractivity contribution >= 4 is 0 Å². The molecule has 0 unspecified atom stereocenters. The number of benzene rings is 1. The molecule has 1 heterocycles. The fraction of sp³-hybridized carbons (Fsp3) is 0. The van der Waals surface area contributed by atoms with Crippen LogP contribution in [0.4, 0.5) is 0 Å². The molecule has 0 aliphatic carbocycles. The van der Waals surface area contributed by atoms with E-state index in [1.807, 2.05) is 6.07 Å². The first-order valence-electron chi connectivity index (χ1n) is 3.79. The topological polar surface area (TPSA) is 87.6 Å². The zero-order chi connectivity index (χ0) is 9.97. The first kappa shape index (κ1) is 8.19. The Bertz CT molecular complexity index is 498. The van der Waals surface area contributed by atoms with Crippen LogP contribution in [0.3, 0.4) is 0 Å². The predicted molar refractivity (Wildman–Crippen MR) is 45.5 cm³/mol. The highest BCUT2D eigenvalue weighted by molar-refractivity contribution is 5.39. The minimum absolute atomic E-state index is 0.0793. The van der Waals surface area contributed by atoms with Crippen LogP contribution in [0.1, 0.15) is 5.82 Å². The van der Waals surface area contributed by atoms with E-state index < -0.39 is 0 Å². The van der Waals surface area contributed by atoms with Crippen LogP contribution in [-0.4, -0.2) is 25.3 Å². The van der Waals surface area contributed by atoms with Gasteiger partial charge in [-0.05, 0) is 22.6 Å². The van der Waals surface area contributed by atoms with Gasteiger partial charge < -0.3 is 5.11 Å². The zero-order valence-electron chi connectivity index (χ0n) is 6.99. The molecule has 6 heteroatoms. The van der Waals surface area contributed by atoms with E-state index in [1.165, 1.54) is 16.8 Å². The highest BCUT2D eigenvalue weighted by Gasteiger charge is 2.06. The highest BCUT2D eigenvalue weighted by atomic mass is 16.3. The summed E-state index contributed by atoms with van der Waals surface area (Å²) in [7, 11) is 0. The van der Waals surface area contributed by atoms with Gasteiger partial charge in [-0.1, -0.05) is 11.2 Å². The summed E-state index contributed by atoms with van der Waals surface area (Å²) in [6.45, 7) is 0. The predicted octanol–water partition coefficient (Wildman–Crippen LogP) is 0.240. The second-order valence-corrected chi connectivity index (χ2v) is 2.55. The van der Waals surface area contributed by atoms with Gasteiger partial charge in [-0.25, -0.2) is 0 Å². The van der Waals surface area contributed by atoms with E-state index >= 15 is 0 Å². The summed E-state index contributed by atoms with van der Waals surface area (Å²) in [5.41, 5.74) is 0.548. The summed E-state index contributed by atoms with van der Waals surface area (Å²) >= 11 is 0. The second-order valence-electron chi connectivity index (χ2n) is 2.55. The van der Waals surface area contributed by atoms with Gasteiger partial charge >= 0.3 is 0 Å². The molecule has 0 bridgehead atoms. The number of aromatic nitrogens is 4. The van der Waals surface area contributed by atoms with Crippen LogP contribution in [0.5, 0.6) is 5.75 Å². The highest BCUT2D eigenvalue weighted by Crippen LogP contribution is 2.14. The summed E-state index contributed by atoms with van der Waals surface area (Å²) in [6.07, 6.45) is 0. The molecule has 0 aliphatic heterocycles. The van der Waals surface area contributed by atoms with Crippen LogP contribution in [-0.2, 0) is 0 Å². The molecular formula is C8H5N5O. The fourth-order valence-corrected chi connectivity index (χ4v) is 1.06. The first-order chi connectivity index (χ1) is 6.81. The van der Waals surface area contributed by atoms with E-state index in [2.05, 4.69) is 15.5 Å². The SMILES string of the molecule is N#Cc1nnnn1-c1cccc(O)c1. The number of hydrogen-bond donors (Lipinski definition) is 1. The zero-order valence-corrected chi connectivity index (χ0v) is 6.99. The Morgan fingerprint density at radius 2 is 2.29 bits per heavy atom. The van der Waals surface area contributed by atoms with Gasteiger partial charge in [-0.3, -0.25) is 0 Å². The number of hydrogen-bond acceptors (Lipinski definition) is 5. The Balaban J connectivity index is 2.56. The van der Waals surface area contributed by atoms with E-state index in [1.54, 1.807) is 12.1 Å². The van der Waals surface area contributed by atoms with Crippen molar-refractivity contribution in [2.75, 3.05) is 0 Å². The number of phenols is 1. The molecule has 0 radical (unpaired) electrons. The second kappa shape index (κ2) is 3.14. The van der Waals surface area contributed by atoms with Crippen molar-refractivity contribution in [3.05, 3.63) is 30.1 Å². The maximum atomic E-state index is 9.21. The monoisotopic (exact) mass is 187 g/mol. The Hall–Kier alpha value is -2.42. The summed E-state index contributed by atoms with van der Waals surface area (Å²) in [6, 6.07) is 8.17. The molecule has 6 nitrogen and oxygen atoms in total. The third-order valence-electron chi connectivity index (χ3n) is 1.64. The largest absolute Gasteiger partial charge is 0.508 e. The summed E-state index contributed by atoms with van der Waals surface area (Å²) < 4.78 is 1.25. The summed E-state index contributed by atoms with van der Waals surface area (Å²) in [4.78, 5) is 0. The molecular weight excluding hydrogens is 182 g/mol. The van der Waals surface area contributed by atoms with Crippen LogP contribution in [0.15, 0.2) is 24.3 Å². The maximum absolute atomic E-state index is 9.21. The van der Waals surface area contributed by atoms with Crippen LogP contribution in [0.2, 0.25) is 0 Å². The number of rotatable bonds is 1. The Morgan fingerprint density at radius 3 is 3.00 bits per heavy atom.